The molecule has 0 radical (unpaired) electrons. The molecular formula is C22H21N3O. The third-order valence-corrected chi connectivity index (χ3v) is 4.75. The first-order valence-corrected chi connectivity index (χ1v) is 8.75. The molecule has 0 saturated carbocycles. The summed E-state index contributed by atoms with van der Waals surface area (Å²) in [6, 6.07) is 18.0. The van der Waals surface area contributed by atoms with Gasteiger partial charge in [-0.25, -0.2) is 4.98 Å². The third-order valence-electron chi connectivity index (χ3n) is 4.75. The lowest BCUT2D eigenvalue weighted by Crippen LogP contribution is -2.33. The maximum Gasteiger partial charge on any atom is 0.270 e. The first-order chi connectivity index (χ1) is 12.3. The number of benzene rings is 3. The first kappa shape index (κ1) is 16.5. The Labute approximate surface area is 152 Å². The Hall–Kier alpha value is -3.01. The van der Waals surface area contributed by atoms with E-state index in [1.54, 1.807) is 6.07 Å². The van der Waals surface area contributed by atoms with Crippen molar-refractivity contribution in [1.82, 2.24) is 10.1 Å². The topological polar surface area (TPSA) is 52.7 Å². The number of fused-ring (bicyclic) bond motifs is 2. The van der Waals surface area contributed by atoms with E-state index in [0.717, 1.165) is 16.5 Å². The fourth-order valence-corrected chi connectivity index (χ4v) is 3.39. The second kappa shape index (κ2) is 5.77. The minimum absolute atomic E-state index is 0.0319. The standard InChI is InChI=1S/C22H21N3O/c1-14-8-7-11-19-20(14)23-21(24-25(19)26)16-12-15-9-5-6-10-17(15)18(13-16)22(2,3)4/h5-13H,1-4H3. The van der Waals surface area contributed by atoms with Gasteiger partial charge in [-0.3, -0.25) is 0 Å². The number of para-hydroxylation sites is 1. The average molecular weight is 343 g/mol. The van der Waals surface area contributed by atoms with Gasteiger partial charge in [0.25, 0.3) is 5.52 Å². The summed E-state index contributed by atoms with van der Waals surface area (Å²) in [7, 11) is 0. The molecule has 0 saturated heterocycles. The van der Waals surface area contributed by atoms with Crippen molar-refractivity contribution >= 4 is 21.8 Å². The van der Waals surface area contributed by atoms with Gasteiger partial charge in [-0.1, -0.05) is 57.2 Å². The van der Waals surface area contributed by atoms with E-state index >= 15 is 0 Å². The van der Waals surface area contributed by atoms with Gasteiger partial charge in [0.05, 0.1) is 0 Å². The van der Waals surface area contributed by atoms with Crippen LogP contribution in [-0.4, -0.2) is 10.1 Å². The Kier molecular flexibility index (Phi) is 3.65. The van der Waals surface area contributed by atoms with Crippen LogP contribution in [-0.2, 0) is 5.41 Å². The lowest BCUT2D eigenvalue weighted by Gasteiger charge is -2.22. The van der Waals surface area contributed by atoms with Gasteiger partial charge in [-0.2, -0.15) is 0 Å². The quantitative estimate of drug-likeness (QED) is 0.372. The van der Waals surface area contributed by atoms with Crippen LogP contribution in [0.2, 0.25) is 0 Å². The van der Waals surface area contributed by atoms with Crippen LogP contribution >= 0.6 is 0 Å². The summed E-state index contributed by atoms with van der Waals surface area (Å²) < 4.78 is 0. The van der Waals surface area contributed by atoms with Crippen LogP contribution < -0.4 is 4.85 Å². The molecule has 1 heterocycles. The highest BCUT2D eigenvalue weighted by molar-refractivity contribution is 5.90. The van der Waals surface area contributed by atoms with E-state index in [9.17, 15) is 5.21 Å². The molecule has 0 N–H and O–H groups in total. The predicted octanol–water partition coefficient (Wildman–Crippen LogP) is 4.69. The van der Waals surface area contributed by atoms with E-state index in [1.165, 1.54) is 10.9 Å². The molecule has 130 valence electrons. The SMILES string of the molecule is Cc1cccc2c1nc(-c1cc(C(C)(C)C)c3ccccc3c1)n[n+]2[O-]. The second-order valence-corrected chi connectivity index (χ2v) is 7.75. The molecule has 3 aromatic carbocycles. The van der Waals surface area contributed by atoms with Crippen molar-refractivity contribution in [2.24, 2.45) is 0 Å². The normalized spacial score (nSPS) is 12.0. The summed E-state index contributed by atoms with van der Waals surface area (Å²) in [5, 5.41) is 19.0. The molecule has 0 atom stereocenters. The van der Waals surface area contributed by atoms with Gasteiger partial charge in [0, 0.05) is 16.7 Å². The number of hydrogen-bond acceptors (Lipinski definition) is 3. The van der Waals surface area contributed by atoms with E-state index in [2.05, 4.69) is 56.2 Å². The average Bonchev–Trinajstić information content (AvgIpc) is 2.60. The van der Waals surface area contributed by atoms with E-state index < -0.39 is 0 Å². The minimum Gasteiger partial charge on any atom is -0.594 e. The lowest BCUT2D eigenvalue weighted by molar-refractivity contribution is -0.642. The van der Waals surface area contributed by atoms with Crippen molar-refractivity contribution in [3.8, 4) is 11.4 Å². The summed E-state index contributed by atoms with van der Waals surface area (Å²) in [4.78, 5) is 5.38. The van der Waals surface area contributed by atoms with Gasteiger partial charge in [0.1, 0.15) is 5.52 Å². The predicted molar refractivity (Wildman–Crippen MR) is 105 cm³/mol. The van der Waals surface area contributed by atoms with Crippen LogP contribution in [0.3, 0.4) is 0 Å². The maximum atomic E-state index is 12.4. The second-order valence-electron chi connectivity index (χ2n) is 7.75. The molecule has 0 unspecified atom stereocenters. The van der Waals surface area contributed by atoms with Crippen molar-refractivity contribution in [2.75, 3.05) is 0 Å². The maximum absolute atomic E-state index is 12.4. The molecule has 4 nitrogen and oxygen atoms in total. The van der Waals surface area contributed by atoms with Crippen molar-refractivity contribution in [1.29, 1.82) is 0 Å². The third kappa shape index (κ3) is 2.68. The number of aromatic nitrogens is 3. The van der Waals surface area contributed by atoms with Gasteiger partial charge < -0.3 is 5.21 Å². The van der Waals surface area contributed by atoms with Crippen LogP contribution in [0, 0.1) is 12.1 Å². The van der Waals surface area contributed by atoms with Crippen LogP contribution in [0.25, 0.3) is 33.2 Å². The fraction of sp³-hybridized carbons (Fsp3) is 0.227. The highest BCUT2D eigenvalue weighted by Gasteiger charge is 2.20. The Balaban J connectivity index is 2.03. The number of aryl methyl sites for hydroxylation is 1. The van der Waals surface area contributed by atoms with Crippen LogP contribution in [0.1, 0.15) is 31.9 Å². The Morgan fingerprint density at radius 3 is 2.50 bits per heavy atom. The Morgan fingerprint density at radius 2 is 1.73 bits per heavy atom. The largest absolute Gasteiger partial charge is 0.594 e. The Morgan fingerprint density at radius 1 is 0.962 bits per heavy atom. The molecular weight excluding hydrogens is 322 g/mol. The van der Waals surface area contributed by atoms with Crippen molar-refractivity contribution in [3.05, 3.63) is 70.9 Å². The molecule has 0 fully saturated rings. The molecule has 26 heavy (non-hydrogen) atoms. The summed E-state index contributed by atoms with van der Waals surface area (Å²) in [6.07, 6.45) is 0. The summed E-state index contributed by atoms with van der Waals surface area (Å²) in [5.41, 5.74) is 4.20. The van der Waals surface area contributed by atoms with Gasteiger partial charge in [0.15, 0.2) is 0 Å². The van der Waals surface area contributed by atoms with Crippen molar-refractivity contribution in [3.63, 3.8) is 0 Å². The highest BCUT2D eigenvalue weighted by atomic mass is 16.5. The summed E-state index contributed by atoms with van der Waals surface area (Å²) in [6.45, 7) is 8.53. The molecule has 1 aromatic heterocycles. The van der Waals surface area contributed by atoms with Crippen molar-refractivity contribution in [2.45, 2.75) is 33.1 Å². The number of rotatable bonds is 1. The summed E-state index contributed by atoms with van der Waals surface area (Å²) in [5.74, 6) is 0.457. The van der Waals surface area contributed by atoms with Crippen molar-refractivity contribution < 1.29 is 4.85 Å². The first-order valence-electron chi connectivity index (χ1n) is 8.75. The molecule has 4 rings (SSSR count). The highest BCUT2D eigenvalue weighted by Crippen LogP contribution is 2.34. The van der Waals surface area contributed by atoms with Crippen LogP contribution in [0.5, 0.6) is 0 Å². The minimum atomic E-state index is -0.0319. The number of nitrogens with zero attached hydrogens (tertiary/aromatic N) is 3. The smallest absolute Gasteiger partial charge is 0.270 e. The van der Waals surface area contributed by atoms with Gasteiger partial charge in [0.2, 0.25) is 5.82 Å². The molecule has 4 aromatic rings. The molecule has 0 aliphatic rings. The zero-order chi connectivity index (χ0) is 18.5. The van der Waals surface area contributed by atoms with Crippen LogP contribution in [0.4, 0.5) is 0 Å². The van der Waals surface area contributed by atoms with E-state index in [-0.39, 0.29) is 5.41 Å². The van der Waals surface area contributed by atoms with Gasteiger partial charge >= 0.3 is 0 Å². The molecule has 0 aliphatic carbocycles. The number of hydrogen-bond donors (Lipinski definition) is 0. The summed E-state index contributed by atoms with van der Waals surface area (Å²) >= 11 is 0. The van der Waals surface area contributed by atoms with E-state index in [1.807, 2.05) is 25.1 Å². The molecule has 4 heteroatoms. The van der Waals surface area contributed by atoms with Crippen LogP contribution in [0.15, 0.2) is 54.6 Å². The monoisotopic (exact) mass is 343 g/mol. The van der Waals surface area contributed by atoms with E-state index in [0.29, 0.717) is 21.7 Å². The zero-order valence-corrected chi connectivity index (χ0v) is 15.4. The molecule has 0 bridgehead atoms. The fourth-order valence-electron chi connectivity index (χ4n) is 3.39. The van der Waals surface area contributed by atoms with Gasteiger partial charge in [-0.15, -0.1) is 0 Å². The molecule has 0 spiro atoms. The zero-order valence-electron chi connectivity index (χ0n) is 15.4. The lowest BCUT2D eigenvalue weighted by atomic mass is 9.82. The Bertz CT molecular complexity index is 1140. The van der Waals surface area contributed by atoms with E-state index in [4.69, 9.17) is 4.98 Å². The molecule has 0 amide bonds. The molecule has 0 aliphatic heterocycles. The van der Waals surface area contributed by atoms with Gasteiger partial charge in [-0.05, 0) is 51.2 Å².